The molecule has 1 radical (unpaired) electrons. The number of methoxy groups -OCH3 is 2. The van der Waals surface area contributed by atoms with Crippen LogP contribution in [0.1, 0.15) is 41.8 Å². The minimum absolute atomic E-state index is 0.0443. The van der Waals surface area contributed by atoms with Gasteiger partial charge in [0.15, 0.2) is 0 Å². The molecule has 1 saturated heterocycles. The zero-order valence-electron chi connectivity index (χ0n) is 25.9. The van der Waals surface area contributed by atoms with E-state index in [9.17, 15) is 14.2 Å². The Bertz CT molecular complexity index is 1730. The molecule has 13 heteroatoms. The van der Waals surface area contributed by atoms with Crippen LogP contribution in [0.4, 0.5) is 0 Å². The molecule has 0 amide bonds. The van der Waals surface area contributed by atoms with Crippen LogP contribution in [-0.2, 0) is 28.7 Å². The van der Waals surface area contributed by atoms with Gasteiger partial charge in [0.1, 0.15) is 0 Å². The molecule has 4 aromatic rings. The van der Waals surface area contributed by atoms with Crippen LogP contribution in [0.25, 0.3) is 0 Å². The van der Waals surface area contributed by atoms with Crippen LogP contribution < -0.4 is 20.7 Å². The third kappa shape index (κ3) is 7.24. The van der Waals surface area contributed by atoms with E-state index in [4.69, 9.17) is 28.0 Å². The van der Waals surface area contributed by atoms with E-state index >= 15 is 0 Å². The summed E-state index contributed by atoms with van der Waals surface area (Å²) in [7, 11) is 3.21. The van der Waals surface area contributed by atoms with E-state index in [0.29, 0.717) is 17.1 Å². The van der Waals surface area contributed by atoms with Gasteiger partial charge in [0.25, 0.3) is 0 Å². The van der Waals surface area contributed by atoms with Gasteiger partial charge < -0.3 is 0 Å². The van der Waals surface area contributed by atoms with Crippen molar-refractivity contribution >= 4 is 21.9 Å². The van der Waals surface area contributed by atoms with E-state index in [1.165, 1.54) is 10.8 Å². The van der Waals surface area contributed by atoms with Gasteiger partial charge in [-0.15, -0.1) is 0 Å². The normalized spacial score (nSPS) is 19.5. The molecule has 5 rings (SSSR count). The van der Waals surface area contributed by atoms with Crippen molar-refractivity contribution < 1.29 is 32.6 Å². The number of hydrogen-bond acceptors (Lipinski definition) is 9. The van der Waals surface area contributed by atoms with E-state index in [-0.39, 0.29) is 19.6 Å². The molecule has 11 nitrogen and oxygen atoms in total. The van der Waals surface area contributed by atoms with E-state index in [0.717, 1.165) is 16.7 Å². The summed E-state index contributed by atoms with van der Waals surface area (Å²) in [6, 6.07) is 25.0. The first-order valence-electron chi connectivity index (χ1n) is 14.7. The number of aromatic nitrogens is 2. The van der Waals surface area contributed by atoms with E-state index in [1.807, 2.05) is 78.9 Å². The second kappa shape index (κ2) is 14.5. The molecule has 1 aliphatic heterocycles. The number of rotatable bonds is 13. The molecule has 243 valence electrons. The third-order valence-electron chi connectivity index (χ3n) is 7.83. The van der Waals surface area contributed by atoms with Crippen molar-refractivity contribution in [2.24, 2.45) is 0 Å². The van der Waals surface area contributed by atoms with Crippen molar-refractivity contribution in [3.8, 4) is 11.5 Å². The third-order valence-corrected chi connectivity index (χ3v) is 10.1. The van der Waals surface area contributed by atoms with Gasteiger partial charge in [-0.1, -0.05) is 0 Å². The summed E-state index contributed by atoms with van der Waals surface area (Å²) in [5.41, 5.74) is 0.537. The second-order valence-electron chi connectivity index (χ2n) is 10.7. The van der Waals surface area contributed by atoms with Crippen molar-refractivity contribution in [2.45, 2.75) is 44.3 Å². The first kappa shape index (κ1) is 33.9. The van der Waals surface area contributed by atoms with Crippen molar-refractivity contribution in [3.05, 3.63) is 128 Å². The van der Waals surface area contributed by atoms with Crippen molar-refractivity contribution in [1.29, 1.82) is 0 Å². The fourth-order valence-corrected chi connectivity index (χ4v) is 7.86. The molecule has 0 spiro atoms. The zero-order valence-corrected chi connectivity index (χ0v) is 28.5. The molecule has 3 aromatic carbocycles. The Balaban J connectivity index is 1.59. The monoisotopic (exact) mass is 715 g/mol. The van der Waals surface area contributed by atoms with Crippen LogP contribution in [0, 0.1) is 6.92 Å². The van der Waals surface area contributed by atoms with Gasteiger partial charge in [-0.2, -0.15) is 0 Å². The van der Waals surface area contributed by atoms with E-state index < -0.39 is 41.6 Å². The van der Waals surface area contributed by atoms with Crippen molar-refractivity contribution in [3.63, 3.8) is 0 Å². The van der Waals surface area contributed by atoms with Crippen LogP contribution in [-0.4, -0.2) is 64.8 Å². The maximum atomic E-state index is 13.2. The van der Waals surface area contributed by atoms with Crippen LogP contribution in [0.3, 0.4) is 0 Å². The number of nitrogens with zero attached hydrogens (tertiary/aromatic N) is 1. The topological polar surface area (TPSA) is 127 Å². The predicted molar refractivity (Wildman–Crippen MR) is 173 cm³/mol. The SMILES string of the molecule is CCOP(=O)([Se])O[C@H]1C[C@H](n2cc(C)c(=O)[nH]c2=O)O[C@@H]1COC(c1ccccc1)(c1ccc(OC)cc1)c1ccc(OC)cc1. The predicted octanol–water partition coefficient (Wildman–Crippen LogP) is 4.86. The molecule has 46 heavy (non-hydrogen) atoms. The molecule has 1 fully saturated rings. The summed E-state index contributed by atoms with van der Waals surface area (Å²) in [4.78, 5) is 27.2. The molecule has 1 unspecified atom stereocenters. The fraction of sp³-hybridized carbons (Fsp3) is 0.333. The molecular weight excluding hydrogens is 678 g/mol. The van der Waals surface area contributed by atoms with Crippen molar-refractivity contribution in [2.75, 3.05) is 27.4 Å². The Labute approximate surface area is 274 Å². The van der Waals surface area contributed by atoms with Crippen LogP contribution in [0.5, 0.6) is 11.5 Å². The average Bonchev–Trinajstić information content (AvgIpc) is 3.45. The molecular formula is C33H36N2O9PSe. The van der Waals surface area contributed by atoms with Gasteiger partial charge in [0.2, 0.25) is 0 Å². The molecule has 1 aliphatic rings. The first-order valence-corrected chi connectivity index (χ1v) is 18.5. The molecule has 2 heterocycles. The second-order valence-corrected chi connectivity index (χ2v) is 14.8. The molecule has 0 bridgehead atoms. The Kier molecular flexibility index (Phi) is 10.7. The van der Waals surface area contributed by atoms with Gasteiger partial charge >= 0.3 is 261 Å². The Hall–Kier alpha value is -3.47. The Morgan fingerprint density at radius 1 is 0.935 bits per heavy atom. The fourth-order valence-electron chi connectivity index (χ4n) is 5.57. The average molecular weight is 715 g/mol. The molecule has 4 atom stereocenters. The van der Waals surface area contributed by atoms with Crippen LogP contribution in [0.2, 0.25) is 0 Å². The number of benzene rings is 3. The number of nitrogens with one attached hydrogen (secondary N) is 1. The molecule has 1 N–H and O–H groups in total. The molecule has 1 aromatic heterocycles. The number of aromatic amines is 1. The Morgan fingerprint density at radius 2 is 1.50 bits per heavy atom. The van der Waals surface area contributed by atoms with Gasteiger partial charge in [0, 0.05) is 0 Å². The van der Waals surface area contributed by atoms with E-state index in [2.05, 4.69) is 20.6 Å². The number of aryl methyl sites for hydroxylation is 1. The summed E-state index contributed by atoms with van der Waals surface area (Å²) in [5.74, 6) is 1.37. The number of ether oxygens (including phenoxy) is 4. The summed E-state index contributed by atoms with van der Waals surface area (Å²) in [6.45, 7) is 3.42. The summed E-state index contributed by atoms with van der Waals surface area (Å²) >= 11 is 2.53. The maximum absolute atomic E-state index is 13.2. The van der Waals surface area contributed by atoms with Gasteiger partial charge in [0.05, 0.1) is 14.2 Å². The van der Waals surface area contributed by atoms with Gasteiger partial charge in [-0.25, -0.2) is 0 Å². The Morgan fingerprint density at radius 3 is 2.04 bits per heavy atom. The van der Waals surface area contributed by atoms with Crippen molar-refractivity contribution in [1.82, 2.24) is 9.55 Å². The number of H-pyrrole nitrogens is 1. The summed E-state index contributed by atoms with van der Waals surface area (Å²) < 4.78 is 50.1. The minimum atomic E-state index is -3.62. The summed E-state index contributed by atoms with van der Waals surface area (Å²) in [5, 5.41) is 0. The van der Waals surface area contributed by atoms with Gasteiger partial charge in [-0.3, -0.25) is 0 Å². The first-order chi connectivity index (χ1) is 22.1. The van der Waals surface area contributed by atoms with Crippen LogP contribution in [0.15, 0.2) is 94.6 Å². The quantitative estimate of drug-likeness (QED) is 0.117. The van der Waals surface area contributed by atoms with Crippen LogP contribution >= 0.6 is 6.29 Å². The van der Waals surface area contributed by atoms with Gasteiger partial charge in [-0.05, 0) is 0 Å². The zero-order chi connectivity index (χ0) is 32.9. The molecule has 0 saturated carbocycles. The standard InChI is InChI=1S/C33H36N2O9PSe/c1-5-42-45(38,46)44-28-19-30(35-20-22(2)31(36)34-32(35)37)43-29(28)21-41-33(23-9-7-6-8-10-23,24-11-15-26(39-3)16-12-24)25-13-17-27(40-4)18-14-25/h6-18,20,28-30H,5,19,21H2,1-4H3,(H,34,36,37)/t28-,29+,30+,45?/m0/s1. The number of hydrogen-bond donors (Lipinski definition) is 1. The van der Waals surface area contributed by atoms with E-state index in [1.54, 1.807) is 28.1 Å². The summed E-state index contributed by atoms with van der Waals surface area (Å²) in [6.07, 6.45) is -4.48. The molecule has 0 aliphatic carbocycles.